The minimum absolute atomic E-state index is 0. The van der Waals surface area contributed by atoms with E-state index in [9.17, 15) is 9.90 Å². The SMILES string of the molecule is CN(CC#CCNC(=O)C(O)(c1ccccc1)C1CCCCC1)c1ccccc1.Cl. The first-order valence-corrected chi connectivity index (χ1v) is 10.4. The second-order valence-electron chi connectivity index (χ2n) is 7.70. The highest BCUT2D eigenvalue weighted by molar-refractivity contribution is 5.87. The van der Waals surface area contributed by atoms with Gasteiger partial charge in [-0.1, -0.05) is 79.6 Å². The summed E-state index contributed by atoms with van der Waals surface area (Å²) in [4.78, 5) is 15.1. The Kier molecular flexibility index (Phi) is 9.23. The number of rotatable bonds is 6. The molecule has 3 rings (SSSR count). The monoisotopic (exact) mass is 426 g/mol. The van der Waals surface area contributed by atoms with Crippen LogP contribution in [0.2, 0.25) is 0 Å². The number of carbonyl (C=O) groups excluding carboxylic acids is 1. The molecule has 1 aliphatic rings. The van der Waals surface area contributed by atoms with E-state index in [1.165, 1.54) is 6.42 Å². The van der Waals surface area contributed by atoms with E-state index in [0.717, 1.165) is 31.4 Å². The highest BCUT2D eigenvalue weighted by atomic mass is 35.5. The maximum absolute atomic E-state index is 13.0. The molecule has 4 nitrogen and oxygen atoms in total. The number of anilines is 1. The van der Waals surface area contributed by atoms with E-state index in [1.807, 2.05) is 67.7 Å². The van der Waals surface area contributed by atoms with E-state index in [0.29, 0.717) is 12.1 Å². The third-order valence-corrected chi connectivity index (χ3v) is 5.73. The van der Waals surface area contributed by atoms with Gasteiger partial charge in [0.05, 0.1) is 13.1 Å². The number of para-hydroxylation sites is 1. The van der Waals surface area contributed by atoms with Crippen LogP contribution in [0.5, 0.6) is 0 Å². The van der Waals surface area contributed by atoms with Crippen molar-refractivity contribution in [2.75, 3.05) is 25.0 Å². The van der Waals surface area contributed by atoms with E-state index in [4.69, 9.17) is 0 Å². The normalized spacial score (nSPS) is 15.7. The molecule has 1 unspecified atom stereocenters. The summed E-state index contributed by atoms with van der Waals surface area (Å²) in [5.41, 5.74) is 0.271. The quantitative estimate of drug-likeness (QED) is 0.683. The fourth-order valence-corrected chi connectivity index (χ4v) is 4.03. The second-order valence-corrected chi connectivity index (χ2v) is 7.70. The van der Waals surface area contributed by atoms with E-state index in [2.05, 4.69) is 22.1 Å². The van der Waals surface area contributed by atoms with Gasteiger partial charge < -0.3 is 15.3 Å². The zero-order valence-corrected chi connectivity index (χ0v) is 18.3. The van der Waals surface area contributed by atoms with Crippen LogP contribution >= 0.6 is 12.4 Å². The number of carbonyl (C=O) groups is 1. The summed E-state index contributed by atoms with van der Waals surface area (Å²) in [6.07, 6.45) is 5.01. The molecule has 2 aromatic carbocycles. The Balaban J connectivity index is 0.00000320. The van der Waals surface area contributed by atoms with Crippen molar-refractivity contribution in [3.8, 4) is 11.8 Å². The third-order valence-electron chi connectivity index (χ3n) is 5.73. The number of hydrogen-bond acceptors (Lipinski definition) is 3. The van der Waals surface area contributed by atoms with E-state index < -0.39 is 5.60 Å². The average Bonchev–Trinajstić information content (AvgIpc) is 2.79. The highest BCUT2D eigenvalue weighted by Crippen LogP contribution is 2.39. The molecule has 30 heavy (non-hydrogen) atoms. The van der Waals surface area contributed by atoms with Gasteiger partial charge in [-0.3, -0.25) is 4.79 Å². The van der Waals surface area contributed by atoms with Gasteiger partial charge in [0.15, 0.2) is 5.60 Å². The molecule has 1 atom stereocenters. The molecule has 0 spiro atoms. The Morgan fingerprint density at radius 2 is 1.63 bits per heavy atom. The zero-order chi connectivity index (χ0) is 20.5. The molecule has 0 aromatic heterocycles. The number of amides is 1. The summed E-state index contributed by atoms with van der Waals surface area (Å²) in [5, 5.41) is 14.4. The Bertz CT molecular complexity index is 842. The number of benzene rings is 2. The fraction of sp³-hybridized carbons (Fsp3) is 0.400. The van der Waals surface area contributed by atoms with Crippen LogP contribution in [-0.4, -0.2) is 31.2 Å². The van der Waals surface area contributed by atoms with Gasteiger partial charge in [0.1, 0.15) is 0 Å². The summed E-state index contributed by atoms with van der Waals surface area (Å²) >= 11 is 0. The first-order valence-electron chi connectivity index (χ1n) is 10.4. The molecule has 1 fully saturated rings. The van der Waals surface area contributed by atoms with Crippen LogP contribution in [-0.2, 0) is 10.4 Å². The minimum Gasteiger partial charge on any atom is -0.375 e. The second kappa shape index (κ2) is 11.6. The van der Waals surface area contributed by atoms with Crippen LogP contribution in [0.1, 0.15) is 37.7 Å². The lowest BCUT2D eigenvalue weighted by Crippen LogP contribution is -2.50. The number of aliphatic hydroxyl groups is 1. The van der Waals surface area contributed by atoms with Crippen LogP contribution in [0.4, 0.5) is 5.69 Å². The molecule has 0 heterocycles. The number of nitrogens with one attached hydrogen (secondary N) is 1. The predicted octanol–water partition coefficient (Wildman–Crippen LogP) is 4.13. The number of nitrogens with zero attached hydrogens (tertiary/aromatic N) is 1. The maximum Gasteiger partial charge on any atom is 0.257 e. The molecular formula is C25H31ClN2O2. The summed E-state index contributed by atoms with van der Waals surface area (Å²) in [7, 11) is 1.99. The maximum atomic E-state index is 13.0. The van der Waals surface area contributed by atoms with Gasteiger partial charge in [-0.15, -0.1) is 12.4 Å². The van der Waals surface area contributed by atoms with Crippen molar-refractivity contribution >= 4 is 24.0 Å². The molecule has 2 aromatic rings. The van der Waals surface area contributed by atoms with Crippen LogP contribution in [0.15, 0.2) is 60.7 Å². The van der Waals surface area contributed by atoms with Gasteiger partial charge in [-0.2, -0.15) is 0 Å². The summed E-state index contributed by atoms with van der Waals surface area (Å²) < 4.78 is 0. The molecule has 160 valence electrons. The van der Waals surface area contributed by atoms with Crippen molar-refractivity contribution in [3.05, 3.63) is 66.2 Å². The van der Waals surface area contributed by atoms with Gasteiger partial charge in [0, 0.05) is 18.7 Å². The molecule has 1 amide bonds. The lowest BCUT2D eigenvalue weighted by molar-refractivity contribution is -0.149. The van der Waals surface area contributed by atoms with Crippen LogP contribution < -0.4 is 10.2 Å². The molecule has 0 aliphatic heterocycles. The molecule has 0 bridgehead atoms. The van der Waals surface area contributed by atoms with Crippen molar-refractivity contribution in [2.24, 2.45) is 5.92 Å². The van der Waals surface area contributed by atoms with Gasteiger partial charge in [0.25, 0.3) is 5.91 Å². The van der Waals surface area contributed by atoms with Crippen molar-refractivity contribution in [3.63, 3.8) is 0 Å². The topological polar surface area (TPSA) is 52.6 Å². The largest absolute Gasteiger partial charge is 0.375 e. The van der Waals surface area contributed by atoms with Crippen molar-refractivity contribution < 1.29 is 9.90 Å². The minimum atomic E-state index is -1.50. The van der Waals surface area contributed by atoms with Crippen LogP contribution in [0.3, 0.4) is 0 Å². The van der Waals surface area contributed by atoms with Crippen molar-refractivity contribution in [1.29, 1.82) is 0 Å². The Labute approximate surface area is 186 Å². The van der Waals surface area contributed by atoms with E-state index in [1.54, 1.807) is 0 Å². The molecule has 0 saturated heterocycles. The van der Waals surface area contributed by atoms with E-state index in [-0.39, 0.29) is 30.8 Å². The highest BCUT2D eigenvalue weighted by Gasteiger charge is 2.45. The lowest BCUT2D eigenvalue weighted by atomic mass is 9.73. The van der Waals surface area contributed by atoms with Crippen molar-refractivity contribution in [2.45, 2.75) is 37.7 Å². The Hall–Kier alpha value is -2.48. The average molecular weight is 427 g/mol. The Morgan fingerprint density at radius 3 is 2.27 bits per heavy atom. The third kappa shape index (κ3) is 5.78. The summed E-state index contributed by atoms with van der Waals surface area (Å²) in [5.74, 6) is 5.69. The number of hydrogen-bond donors (Lipinski definition) is 2. The summed E-state index contributed by atoms with van der Waals surface area (Å²) in [6.45, 7) is 0.800. The van der Waals surface area contributed by atoms with Crippen molar-refractivity contribution in [1.82, 2.24) is 5.32 Å². The lowest BCUT2D eigenvalue weighted by Gasteiger charge is -2.37. The van der Waals surface area contributed by atoms with Gasteiger partial charge >= 0.3 is 0 Å². The molecule has 0 radical (unpaired) electrons. The summed E-state index contributed by atoms with van der Waals surface area (Å²) in [6, 6.07) is 19.4. The standard InChI is InChI=1S/C25H30N2O2.ClH/c1-27(23-17-9-4-10-18-23)20-12-11-19-26-24(28)25(29,21-13-5-2-6-14-21)22-15-7-3-8-16-22;/h2,4-6,9-10,13-14,17-18,22,29H,3,7-8,15-16,19-20H2,1H3,(H,26,28);1H. The van der Waals surface area contributed by atoms with Gasteiger partial charge in [0.2, 0.25) is 0 Å². The Morgan fingerprint density at radius 1 is 1.03 bits per heavy atom. The molecular weight excluding hydrogens is 396 g/mol. The zero-order valence-electron chi connectivity index (χ0n) is 17.5. The predicted molar refractivity (Wildman–Crippen MR) is 125 cm³/mol. The van der Waals surface area contributed by atoms with Crippen LogP contribution in [0.25, 0.3) is 0 Å². The first kappa shape index (κ1) is 23.8. The molecule has 1 saturated carbocycles. The molecule has 1 aliphatic carbocycles. The van der Waals surface area contributed by atoms with Crippen LogP contribution in [0, 0.1) is 17.8 Å². The molecule has 5 heteroatoms. The van der Waals surface area contributed by atoms with Gasteiger partial charge in [-0.05, 0) is 30.5 Å². The number of halogens is 1. The first-order chi connectivity index (χ1) is 14.1. The smallest absolute Gasteiger partial charge is 0.257 e. The van der Waals surface area contributed by atoms with E-state index >= 15 is 0 Å². The molecule has 2 N–H and O–H groups in total. The fourth-order valence-electron chi connectivity index (χ4n) is 4.03. The van der Waals surface area contributed by atoms with Gasteiger partial charge in [-0.25, -0.2) is 0 Å².